The number of hydrogen-bond donors (Lipinski definition) is 3. The van der Waals surface area contributed by atoms with Gasteiger partial charge in [0.2, 0.25) is 12.7 Å². The summed E-state index contributed by atoms with van der Waals surface area (Å²) in [6, 6.07) is 13.3. The number of carbonyl (C=O) groups excluding carboxylic acids is 1. The highest BCUT2D eigenvalue weighted by molar-refractivity contribution is 5.77. The van der Waals surface area contributed by atoms with Crippen LogP contribution in [-0.2, 0) is 11.2 Å². The van der Waals surface area contributed by atoms with Crippen LogP contribution in [0.1, 0.15) is 34.8 Å². The normalized spacial score (nSPS) is 13.0. The van der Waals surface area contributed by atoms with Crippen LogP contribution < -0.4 is 20.4 Å². The highest BCUT2D eigenvalue weighted by atomic mass is 16.7. The summed E-state index contributed by atoms with van der Waals surface area (Å²) in [7, 11) is 0. The summed E-state index contributed by atoms with van der Waals surface area (Å²) in [5, 5.41) is 22.7. The van der Waals surface area contributed by atoms with E-state index in [0.29, 0.717) is 30.0 Å². The fourth-order valence-electron chi connectivity index (χ4n) is 3.71. The van der Waals surface area contributed by atoms with Gasteiger partial charge in [-0.2, -0.15) is 0 Å². The average Bonchev–Trinajstić information content (AvgIpc) is 3.21. The molecule has 1 atom stereocenters. The second-order valence-electron chi connectivity index (χ2n) is 7.58. The highest BCUT2D eigenvalue weighted by Gasteiger charge is 2.27. The molecule has 0 unspecified atom stereocenters. The van der Waals surface area contributed by atoms with E-state index in [4.69, 9.17) is 13.9 Å². The van der Waals surface area contributed by atoms with Gasteiger partial charge in [0.25, 0.3) is 0 Å². The van der Waals surface area contributed by atoms with Crippen molar-refractivity contribution in [3.05, 3.63) is 81.4 Å². The molecule has 0 fully saturated rings. The number of aryl methyl sites for hydroxylation is 1. The molecule has 1 aliphatic heterocycles. The molecular formula is C24H23NO7. The van der Waals surface area contributed by atoms with Crippen molar-refractivity contribution >= 4 is 5.91 Å². The number of carbonyl (C=O) groups is 1. The van der Waals surface area contributed by atoms with Crippen LogP contribution in [0.15, 0.2) is 57.7 Å². The number of nitrogens with one attached hydrogen (secondary N) is 1. The predicted octanol–water partition coefficient (Wildman–Crippen LogP) is 2.97. The van der Waals surface area contributed by atoms with Crippen LogP contribution in [0.4, 0.5) is 0 Å². The lowest BCUT2D eigenvalue weighted by Gasteiger charge is -2.18. The minimum Gasteiger partial charge on any atom is -0.508 e. The molecule has 4 rings (SSSR count). The van der Waals surface area contributed by atoms with E-state index in [2.05, 4.69) is 5.32 Å². The molecule has 0 saturated heterocycles. The first kappa shape index (κ1) is 21.3. The summed E-state index contributed by atoms with van der Waals surface area (Å²) in [6.07, 6.45) is 0.509. The van der Waals surface area contributed by atoms with Crippen LogP contribution in [0.25, 0.3) is 0 Å². The van der Waals surface area contributed by atoms with Gasteiger partial charge in [-0.25, -0.2) is 4.79 Å². The number of phenolic OH excluding ortho intramolecular Hbond substituents is 1. The molecule has 8 heteroatoms. The number of phenols is 1. The Hall–Kier alpha value is -3.94. The van der Waals surface area contributed by atoms with Gasteiger partial charge in [-0.1, -0.05) is 18.2 Å². The lowest BCUT2D eigenvalue weighted by atomic mass is 9.88. The van der Waals surface area contributed by atoms with E-state index >= 15 is 0 Å². The van der Waals surface area contributed by atoms with Crippen LogP contribution in [-0.4, -0.2) is 29.5 Å². The summed E-state index contributed by atoms with van der Waals surface area (Å²) < 4.78 is 16.0. The molecule has 2 aromatic carbocycles. The fourth-order valence-corrected chi connectivity index (χ4v) is 3.71. The quantitative estimate of drug-likeness (QED) is 0.520. The number of ether oxygens (including phenoxy) is 2. The van der Waals surface area contributed by atoms with Gasteiger partial charge in [0.15, 0.2) is 11.5 Å². The van der Waals surface area contributed by atoms with E-state index in [1.165, 1.54) is 6.07 Å². The van der Waals surface area contributed by atoms with Crippen molar-refractivity contribution in [2.45, 2.75) is 25.7 Å². The smallest absolute Gasteiger partial charge is 0.343 e. The molecule has 1 amide bonds. The molecule has 3 N–H and O–H groups in total. The Bertz CT molecular complexity index is 1180. The van der Waals surface area contributed by atoms with E-state index in [-0.39, 0.29) is 41.9 Å². The largest absolute Gasteiger partial charge is 0.508 e. The minimum absolute atomic E-state index is 0.0168. The maximum atomic E-state index is 12.7. The fraction of sp³-hybridized carbons (Fsp3) is 0.250. The Kier molecular flexibility index (Phi) is 6.02. The van der Waals surface area contributed by atoms with Crippen LogP contribution in [0, 0.1) is 6.92 Å². The maximum Gasteiger partial charge on any atom is 0.343 e. The SMILES string of the molecule is Cc1cc(O)c([C@H](CC(=O)NCCc2ccc(O)cc2)c2ccc3c(c2)OCO3)c(=O)o1. The lowest BCUT2D eigenvalue weighted by molar-refractivity contribution is -0.121. The van der Waals surface area contributed by atoms with Gasteiger partial charge in [0, 0.05) is 24.9 Å². The molecule has 8 nitrogen and oxygen atoms in total. The van der Waals surface area contributed by atoms with Crippen LogP contribution >= 0.6 is 0 Å². The Labute approximate surface area is 184 Å². The highest BCUT2D eigenvalue weighted by Crippen LogP contribution is 2.38. The lowest BCUT2D eigenvalue weighted by Crippen LogP contribution is -2.28. The predicted molar refractivity (Wildman–Crippen MR) is 115 cm³/mol. The number of fused-ring (bicyclic) bond motifs is 1. The average molecular weight is 437 g/mol. The summed E-state index contributed by atoms with van der Waals surface area (Å²) in [5.74, 6) is 0.293. The Morgan fingerprint density at radius 3 is 2.56 bits per heavy atom. The van der Waals surface area contributed by atoms with Gasteiger partial charge in [-0.3, -0.25) is 4.79 Å². The standard InChI is InChI=1S/C24H23NO7/c1-14-10-19(27)23(24(29)32-14)18(16-4-7-20-21(11-16)31-13-30-20)12-22(28)25-9-8-15-2-5-17(26)6-3-15/h2-7,10-11,18,26-27H,8-9,12-13H2,1H3,(H,25,28)/t18-/m1/s1. The number of aromatic hydroxyl groups is 2. The van der Waals surface area contributed by atoms with Gasteiger partial charge in [0.1, 0.15) is 17.3 Å². The summed E-state index contributed by atoms with van der Waals surface area (Å²) in [6.45, 7) is 2.04. The Morgan fingerprint density at radius 2 is 1.81 bits per heavy atom. The number of benzene rings is 2. The van der Waals surface area contributed by atoms with Crippen molar-refractivity contribution < 1.29 is 28.9 Å². The van der Waals surface area contributed by atoms with Crippen molar-refractivity contribution in [1.82, 2.24) is 5.32 Å². The van der Waals surface area contributed by atoms with Gasteiger partial charge in [0.05, 0.1) is 5.56 Å². The number of amides is 1. The molecule has 2 heterocycles. The van der Waals surface area contributed by atoms with Crippen molar-refractivity contribution in [1.29, 1.82) is 0 Å². The van der Waals surface area contributed by atoms with Crippen molar-refractivity contribution in [3.8, 4) is 23.0 Å². The molecule has 166 valence electrons. The first-order valence-corrected chi connectivity index (χ1v) is 10.2. The van der Waals surface area contributed by atoms with E-state index < -0.39 is 11.5 Å². The van der Waals surface area contributed by atoms with Crippen LogP contribution in [0.2, 0.25) is 0 Å². The zero-order valence-electron chi connectivity index (χ0n) is 17.5. The van der Waals surface area contributed by atoms with Gasteiger partial charge >= 0.3 is 5.63 Å². The van der Waals surface area contributed by atoms with Gasteiger partial charge < -0.3 is 29.4 Å². The van der Waals surface area contributed by atoms with Crippen molar-refractivity contribution in [3.63, 3.8) is 0 Å². The topological polar surface area (TPSA) is 118 Å². The van der Waals surface area contributed by atoms with Crippen molar-refractivity contribution in [2.24, 2.45) is 0 Å². The van der Waals surface area contributed by atoms with E-state index in [0.717, 1.165) is 5.56 Å². The van der Waals surface area contributed by atoms with E-state index in [1.807, 2.05) is 0 Å². The molecular weight excluding hydrogens is 414 g/mol. The summed E-state index contributed by atoms with van der Waals surface area (Å²) in [4.78, 5) is 25.3. The van der Waals surface area contributed by atoms with Crippen LogP contribution in [0.3, 0.4) is 0 Å². The van der Waals surface area contributed by atoms with Crippen LogP contribution in [0.5, 0.6) is 23.0 Å². The number of hydrogen-bond acceptors (Lipinski definition) is 7. The first-order chi connectivity index (χ1) is 15.4. The van der Waals surface area contributed by atoms with E-state index in [1.54, 1.807) is 49.4 Å². The van der Waals surface area contributed by atoms with E-state index in [9.17, 15) is 19.8 Å². The molecule has 1 aliphatic rings. The van der Waals surface area contributed by atoms with Gasteiger partial charge in [-0.15, -0.1) is 0 Å². The summed E-state index contributed by atoms with van der Waals surface area (Å²) in [5.41, 5.74) is 0.909. The van der Waals surface area contributed by atoms with Crippen molar-refractivity contribution in [2.75, 3.05) is 13.3 Å². The molecule has 1 aromatic heterocycles. The zero-order chi connectivity index (χ0) is 22.7. The minimum atomic E-state index is -0.741. The zero-order valence-corrected chi connectivity index (χ0v) is 17.5. The first-order valence-electron chi connectivity index (χ1n) is 10.2. The molecule has 0 saturated carbocycles. The third kappa shape index (κ3) is 4.69. The third-order valence-electron chi connectivity index (χ3n) is 5.30. The number of rotatable bonds is 7. The summed E-state index contributed by atoms with van der Waals surface area (Å²) >= 11 is 0. The molecule has 0 bridgehead atoms. The molecule has 3 aromatic rings. The monoisotopic (exact) mass is 437 g/mol. The second kappa shape index (κ2) is 9.05. The maximum absolute atomic E-state index is 12.7. The molecule has 0 radical (unpaired) electrons. The third-order valence-corrected chi connectivity index (χ3v) is 5.30. The van der Waals surface area contributed by atoms with Gasteiger partial charge in [-0.05, 0) is 48.7 Å². The molecule has 0 aliphatic carbocycles. The molecule has 0 spiro atoms. The molecule has 32 heavy (non-hydrogen) atoms. The Morgan fingerprint density at radius 1 is 1.06 bits per heavy atom. The Balaban J connectivity index is 1.55. The second-order valence-corrected chi connectivity index (χ2v) is 7.58.